The van der Waals surface area contributed by atoms with Crippen molar-refractivity contribution >= 4 is 26.0 Å². The SMILES string of the molecule is CC(C)C(Br)CNS(=O)(=O)CCCC(F)(F)F. The summed E-state index contributed by atoms with van der Waals surface area (Å²) < 4.78 is 60.5. The third kappa shape index (κ3) is 9.84. The maximum Gasteiger partial charge on any atom is 0.389 e. The molecule has 0 rings (SSSR count). The predicted molar refractivity (Wildman–Crippen MR) is 64.6 cm³/mol. The molecular weight excluding hydrogens is 323 g/mol. The number of nitrogens with one attached hydrogen (secondary N) is 1. The first-order valence-corrected chi connectivity index (χ1v) is 7.78. The van der Waals surface area contributed by atoms with E-state index in [1.165, 1.54) is 0 Å². The summed E-state index contributed by atoms with van der Waals surface area (Å²) in [6.45, 7) is 4.01. The molecule has 3 nitrogen and oxygen atoms in total. The largest absolute Gasteiger partial charge is 0.389 e. The van der Waals surface area contributed by atoms with Gasteiger partial charge in [-0.25, -0.2) is 13.1 Å². The molecule has 104 valence electrons. The molecule has 0 radical (unpaired) electrons. The Kier molecular flexibility index (Phi) is 7.01. The van der Waals surface area contributed by atoms with Crippen molar-refractivity contribution in [3.05, 3.63) is 0 Å². The van der Waals surface area contributed by atoms with Crippen LogP contribution in [0.5, 0.6) is 0 Å². The minimum Gasteiger partial charge on any atom is -0.214 e. The van der Waals surface area contributed by atoms with E-state index in [1.54, 1.807) is 0 Å². The highest BCUT2D eigenvalue weighted by Gasteiger charge is 2.27. The van der Waals surface area contributed by atoms with Crippen molar-refractivity contribution in [2.75, 3.05) is 12.3 Å². The fourth-order valence-corrected chi connectivity index (χ4v) is 2.46. The van der Waals surface area contributed by atoms with E-state index >= 15 is 0 Å². The Hall–Kier alpha value is 0.180. The van der Waals surface area contributed by atoms with Gasteiger partial charge in [0.15, 0.2) is 0 Å². The monoisotopic (exact) mass is 339 g/mol. The Bertz CT molecular complexity index is 317. The van der Waals surface area contributed by atoms with Gasteiger partial charge in [-0.15, -0.1) is 0 Å². The zero-order chi connectivity index (χ0) is 13.7. The number of rotatable bonds is 7. The van der Waals surface area contributed by atoms with Crippen molar-refractivity contribution in [1.29, 1.82) is 0 Å². The van der Waals surface area contributed by atoms with Crippen LogP contribution in [0, 0.1) is 5.92 Å². The lowest BCUT2D eigenvalue weighted by Crippen LogP contribution is -2.33. The Labute approximate surface area is 108 Å². The first-order chi connectivity index (χ1) is 7.53. The topological polar surface area (TPSA) is 46.2 Å². The van der Waals surface area contributed by atoms with Crippen LogP contribution in [0.1, 0.15) is 26.7 Å². The summed E-state index contributed by atoms with van der Waals surface area (Å²) >= 11 is 3.29. The lowest BCUT2D eigenvalue weighted by atomic mass is 10.1. The Morgan fingerprint density at radius 3 is 2.24 bits per heavy atom. The third-order valence-corrected chi connectivity index (χ3v) is 4.91. The molecule has 0 aliphatic heterocycles. The number of hydrogen-bond acceptors (Lipinski definition) is 2. The van der Waals surface area contributed by atoms with E-state index in [-0.39, 0.29) is 17.3 Å². The lowest BCUT2D eigenvalue weighted by Gasteiger charge is -2.14. The summed E-state index contributed by atoms with van der Waals surface area (Å²) in [5.74, 6) is -0.252. The molecule has 0 bridgehead atoms. The normalized spacial score (nSPS) is 15.2. The Morgan fingerprint density at radius 1 is 1.29 bits per heavy atom. The molecule has 1 unspecified atom stereocenters. The zero-order valence-corrected chi connectivity index (χ0v) is 12.1. The van der Waals surface area contributed by atoms with Crippen LogP contribution in [0.15, 0.2) is 0 Å². The van der Waals surface area contributed by atoms with Crippen molar-refractivity contribution in [2.24, 2.45) is 5.92 Å². The molecule has 0 aromatic carbocycles. The highest BCUT2D eigenvalue weighted by Crippen LogP contribution is 2.21. The van der Waals surface area contributed by atoms with Gasteiger partial charge in [0, 0.05) is 17.8 Å². The molecule has 1 atom stereocenters. The first kappa shape index (κ1) is 17.2. The van der Waals surface area contributed by atoms with Gasteiger partial charge in [-0.3, -0.25) is 0 Å². The maximum absolute atomic E-state index is 11.8. The van der Waals surface area contributed by atoms with E-state index in [1.807, 2.05) is 13.8 Å². The summed E-state index contributed by atoms with van der Waals surface area (Å²) in [6.07, 6.45) is -5.78. The summed E-state index contributed by atoms with van der Waals surface area (Å²) in [4.78, 5) is -0.0279. The summed E-state index contributed by atoms with van der Waals surface area (Å²) in [5.41, 5.74) is 0. The third-order valence-electron chi connectivity index (χ3n) is 2.09. The van der Waals surface area contributed by atoms with Gasteiger partial charge in [-0.1, -0.05) is 29.8 Å². The van der Waals surface area contributed by atoms with Gasteiger partial charge in [0.1, 0.15) is 0 Å². The van der Waals surface area contributed by atoms with Crippen LogP contribution in [0.4, 0.5) is 13.2 Å². The van der Waals surface area contributed by atoms with Gasteiger partial charge in [0.25, 0.3) is 0 Å². The molecule has 0 fully saturated rings. The van der Waals surface area contributed by atoms with E-state index in [9.17, 15) is 21.6 Å². The van der Waals surface area contributed by atoms with Crippen molar-refractivity contribution in [3.8, 4) is 0 Å². The van der Waals surface area contributed by atoms with Gasteiger partial charge in [-0.2, -0.15) is 13.2 Å². The zero-order valence-electron chi connectivity index (χ0n) is 9.72. The van der Waals surface area contributed by atoms with E-state index in [0.29, 0.717) is 0 Å². The highest BCUT2D eigenvalue weighted by atomic mass is 79.9. The van der Waals surface area contributed by atoms with Crippen LogP contribution in [0.3, 0.4) is 0 Å². The molecule has 0 aliphatic carbocycles. The molecule has 1 N–H and O–H groups in total. The summed E-state index contributed by atoms with van der Waals surface area (Å²) in [7, 11) is -3.61. The van der Waals surface area contributed by atoms with Crippen molar-refractivity contribution < 1.29 is 21.6 Å². The average Bonchev–Trinajstić information content (AvgIpc) is 2.11. The van der Waals surface area contributed by atoms with Crippen molar-refractivity contribution in [3.63, 3.8) is 0 Å². The van der Waals surface area contributed by atoms with Crippen LogP contribution < -0.4 is 4.72 Å². The van der Waals surface area contributed by atoms with Crippen LogP contribution in [0.25, 0.3) is 0 Å². The second-order valence-corrected chi connectivity index (χ2v) is 7.25. The Balaban J connectivity index is 3.97. The highest BCUT2D eigenvalue weighted by molar-refractivity contribution is 9.09. The second-order valence-electron chi connectivity index (χ2n) is 4.15. The number of alkyl halides is 4. The van der Waals surface area contributed by atoms with Crippen LogP contribution in [-0.4, -0.2) is 31.7 Å². The number of sulfonamides is 1. The molecule has 0 heterocycles. The van der Waals surface area contributed by atoms with Gasteiger partial charge < -0.3 is 0 Å². The molecular formula is C9H17BrF3NO2S. The van der Waals surface area contributed by atoms with E-state index < -0.39 is 34.8 Å². The van der Waals surface area contributed by atoms with E-state index in [0.717, 1.165) is 0 Å². The molecule has 0 aromatic heterocycles. The van der Waals surface area contributed by atoms with Crippen LogP contribution in [-0.2, 0) is 10.0 Å². The fourth-order valence-electron chi connectivity index (χ4n) is 0.977. The predicted octanol–water partition coefficient (Wildman–Crippen LogP) is 2.67. The average molecular weight is 340 g/mol. The molecule has 0 saturated carbocycles. The molecule has 0 aliphatic rings. The molecule has 0 saturated heterocycles. The standard InChI is InChI=1S/C9H17BrF3NO2S/c1-7(2)8(10)6-14-17(15,16)5-3-4-9(11,12)13/h7-8,14H,3-6H2,1-2H3. The van der Waals surface area contributed by atoms with Gasteiger partial charge in [0.2, 0.25) is 10.0 Å². The number of halogens is 4. The van der Waals surface area contributed by atoms with Gasteiger partial charge in [0.05, 0.1) is 5.75 Å². The fraction of sp³-hybridized carbons (Fsp3) is 1.00. The van der Waals surface area contributed by atoms with E-state index in [4.69, 9.17) is 0 Å². The maximum atomic E-state index is 11.8. The van der Waals surface area contributed by atoms with E-state index in [2.05, 4.69) is 20.7 Å². The molecule has 0 amide bonds. The summed E-state index contributed by atoms with van der Waals surface area (Å²) in [6, 6.07) is 0. The first-order valence-electron chi connectivity index (χ1n) is 5.21. The van der Waals surface area contributed by atoms with Crippen molar-refractivity contribution in [2.45, 2.75) is 37.7 Å². The second kappa shape index (κ2) is 6.94. The minimum atomic E-state index is -4.30. The summed E-state index contributed by atoms with van der Waals surface area (Å²) in [5, 5.41) is 0. The Morgan fingerprint density at radius 2 is 1.82 bits per heavy atom. The number of hydrogen-bond donors (Lipinski definition) is 1. The van der Waals surface area contributed by atoms with Crippen LogP contribution >= 0.6 is 15.9 Å². The molecule has 0 aromatic rings. The smallest absolute Gasteiger partial charge is 0.214 e. The minimum absolute atomic E-state index is 0.0279. The van der Waals surface area contributed by atoms with Gasteiger partial charge in [-0.05, 0) is 12.3 Å². The van der Waals surface area contributed by atoms with Crippen molar-refractivity contribution in [1.82, 2.24) is 4.72 Å². The van der Waals surface area contributed by atoms with Gasteiger partial charge >= 0.3 is 6.18 Å². The van der Waals surface area contributed by atoms with Crippen LogP contribution in [0.2, 0.25) is 0 Å². The molecule has 8 heteroatoms. The molecule has 17 heavy (non-hydrogen) atoms. The lowest BCUT2D eigenvalue weighted by molar-refractivity contribution is -0.134. The quantitative estimate of drug-likeness (QED) is 0.725. The molecule has 0 spiro atoms.